The van der Waals surface area contributed by atoms with E-state index in [0.717, 1.165) is 18.8 Å². The van der Waals surface area contributed by atoms with Crippen LogP contribution in [-0.2, 0) is 0 Å². The molecule has 0 N–H and O–H groups in total. The lowest BCUT2D eigenvalue weighted by Crippen LogP contribution is -2.28. The number of nitrogens with zero attached hydrogens (tertiary/aromatic N) is 2. The number of halogens is 2. The molecule has 70 valence electrons. The average molecular weight is 219 g/mol. The van der Waals surface area contributed by atoms with Crippen LogP contribution in [0.3, 0.4) is 0 Å². The third-order valence-corrected chi connectivity index (χ3v) is 2.86. The molecule has 2 rings (SSSR count). The summed E-state index contributed by atoms with van der Waals surface area (Å²) in [7, 11) is 0. The van der Waals surface area contributed by atoms with E-state index in [1.54, 1.807) is 6.08 Å². The summed E-state index contributed by atoms with van der Waals surface area (Å²) < 4.78 is 13.4. The van der Waals surface area contributed by atoms with E-state index in [9.17, 15) is 4.39 Å². The molecule has 1 aliphatic rings. The van der Waals surface area contributed by atoms with Gasteiger partial charge < -0.3 is 4.90 Å². The van der Waals surface area contributed by atoms with Crippen molar-refractivity contribution < 1.29 is 4.39 Å². The predicted octanol–water partition coefficient (Wildman–Crippen LogP) is 2.86. The summed E-state index contributed by atoms with van der Waals surface area (Å²) in [5, 5.41) is 1.85. The number of aromatic nitrogens is 1. The van der Waals surface area contributed by atoms with Crippen molar-refractivity contribution in [3.8, 4) is 0 Å². The van der Waals surface area contributed by atoms with E-state index in [1.807, 2.05) is 10.3 Å². The Hall–Kier alpha value is -0.610. The van der Waals surface area contributed by atoms with Crippen LogP contribution in [0.2, 0.25) is 4.47 Å². The lowest BCUT2D eigenvalue weighted by Gasteiger charge is -2.23. The summed E-state index contributed by atoms with van der Waals surface area (Å²) in [4.78, 5) is 5.97. The zero-order valence-electron chi connectivity index (χ0n) is 6.83. The molecule has 0 saturated carbocycles. The molecule has 0 aromatic carbocycles. The number of thiazole rings is 1. The summed E-state index contributed by atoms with van der Waals surface area (Å²) in [6.45, 7) is 1.13. The average Bonchev–Trinajstić information content (AvgIpc) is 2.52. The molecule has 0 aliphatic carbocycles. The predicted molar refractivity (Wildman–Crippen MR) is 53.1 cm³/mol. The maximum atomic E-state index is 12.9. The highest BCUT2D eigenvalue weighted by molar-refractivity contribution is 7.14. The fraction of sp³-hybridized carbons (Fsp3) is 0.375. The van der Waals surface area contributed by atoms with Gasteiger partial charge in [-0.25, -0.2) is 9.37 Å². The Kier molecular flexibility index (Phi) is 2.51. The standard InChI is InChI=1S/C8H8ClFN2S/c9-8-11-7(5-13-8)12-3-1-2-6(10)4-12/h2,5H,1,3-4H2. The minimum absolute atomic E-state index is 0.0876. The maximum Gasteiger partial charge on any atom is 0.185 e. The van der Waals surface area contributed by atoms with Gasteiger partial charge >= 0.3 is 0 Å². The van der Waals surface area contributed by atoms with Gasteiger partial charge in [-0.05, 0) is 12.5 Å². The molecular weight excluding hydrogens is 211 g/mol. The summed E-state index contributed by atoms with van der Waals surface area (Å²) in [6.07, 6.45) is 2.35. The highest BCUT2D eigenvalue weighted by Gasteiger charge is 2.14. The lowest BCUT2D eigenvalue weighted by atomic mass is 10.2. The monoisotopic (exact) mass is 218 g/mol. The van der Waals surface area contributed by atoms with Crippen LogP contribution in [0.25, 0.3) is 0 Å². The van der Waals surface area contributed by atoms with Gasteiger partial charge in [0.05, 0.1) is 6.54 Å². The molecule has 0 saturated heterocycles. The molecule has 0 fully saturated rings. The SMILES string of the molecule is FC1=CCCN(c2csc(Cl)n2)C1. The van der Waals surface area contributed by atoms with Gasteiger partial charge in [-0.15, -0.1) is 11.3 Å². The summed E-state index contributed by atoms with van der Waals surface area (Å²) in [6, 6.07) is 0. The Bertz CT molecular complexity index is 337. The fourth-order valence-electron chi connectivity index (χ4n) is 1.29. The Morgan fingerprint density at radius 3 is 3.08 bits per heavy atom. The second kappa shape index (κ2) is 3.64. The van der Waals surface area contributed by atoms with Gasteiger partial charge in [0.1, 0.15) is 11.6 Å². The Morgan fingerprint density at radius 1 is 1.62 bits per heavy atom. The molecule has 1 aliphatic heterocycles. The Labute approximate surface area is 84.6 Å². The van der Waals surface area contributed by atoms with Crippen LogP contribution < -0.4 is 4.90 Å². The Morgan fingerprint density at radius 2 is 2.46 bits per heavy atom. The Balaban J connectivity index is 2.14. The smallest absolute Gasteiger partial charge is 0.185 e. The molecule has 0 bridgehead atoms. The van der Waals surface area contributed by atoms with Crippen molar-refractivity contribution in [3.63, 3.8) is 0 Å². The van der Waals surface area contributed by atoms with Crippen LogP contribution in [0.1, 0.15) is 6.42 Å². The maximum absolute atomic E-state index is 12.9. The van der Waals surface area contributed by atoms with Crippen LogP contribution in [0.5, 0.6) is 0 Å². The minimum atomic E-state index is -0.0876. The van der Waals surface area contributed by atoms with E-state index in [2.05, 4.69) is 4.98 Å². The second-order valence-electron chi connectivity index (χ2n) is 2.82. The van der Waals surface area contributed by atoms with Crippen molar-refractivity contribution in [2.75, 3.05) is 18.0 Å². The van der Waals surface area contributed by atoms with Crippen LogP contribution >= 0.6 is 22.9 Å². The fourth-order valence-corrected chi connectivity index (χ4v) is 2.06. The van der Waals surface area contributed by atoms with Crippen molar-refractivity contribution in [2.24, 2.45) is 0 Å². The molecule has 2 heterocycles. The van der Waals surface area contributed by atoms with Crippen LogP contribution in [0.15, 0.2) is 17.3 Å². The van der Waals surface area contributed by atoms with Crippen molar-refractivity contribution >= 4 is 28.8 Å². The highest BCUT2D eigenvalue weighted by Crippen LogP contribution is 2.24. The third-order valence-electron chi connectivity index (χ3n) is 1.89. The minimum Gasteiger partial charge on any atom is -0.349 e. The van der Waals surface area contributed by atoms with Crippen LogP contribution in [0, 0.1) is 0 Å². The van der Waals surface area contributed by atoms with Gasteiger partial charge in [0.25, 0.3) is 0 Å². The molecular formula is C8H8ClFN2S. The first-order chi connectivity index (χ1) is 6.25. The van der Waals surface area contributed by atoms with Gasteiger partial charge in [-0.1, -0.05) is 11.6 Å². The first kappa shape index (κ1) is 8.97. The van der Waals surface area contributed by atoms with E-state index < -0.39 is 0 Å². The quantitative estimate of drug-likeness (QED) is 0.721. The first-order valence-electron chi connectivity index (χ1n) is 3.96. The molecule has 0 amide bonds. The zero-order valence-corrected chi connectivity index (χ0v) is 8.41. The molecule has 0 atom stereocenters. The van der Waals surface area contributed by atoms with E-state index >= 15 is 0 Å². The normalized spacial score (nSPS) is 17.4. The van der Waals surface area contributed by atoms with E-state index in [0.29, 0.717) is 11.0 Å². The molecule has 1 aromatic heterocycles. The van der Waals surface area contributed by atoms with Crippen molar-refractivity contribution in [1.29, 1.82) is 0 Å². The second-order valence-corrected chi connectivity index (χ2v) is 4.26. The first-order valence-corrected chi connectivity index (χ1v) is 5.22. The molecule has 5 heteroatoms. The van der Waals surface area contributed by atoms with Gasteiger partial charge in [0, 0.05) is 11.9 Å². The summed E-state index contributed by atoms with van der Waals surface area (Å²) in [5.41, 5.74) is 0. The molecule has 13 heavy (non-hydrogen) atoms. The highest BCUT2D eigenvalue weighted by atomic mass is 35.5. The van der Waals surface area contributed by atoms with E-state index in [1.165, 1.54) is 11.3 Å². The van der Waals surface area contributed by atoms with E-state index in [-0.39, 0.29) is 5.83 Å². The van der Waals surface area contributed by atoms with Crippen LogP contribution in [0.4, 0.5) is 10.2 Å². The molecule has 2 nitrogen and oxygen atoms in total. The summed E-state index contributed by atoms with van der Waals surface area (Å²) >= 11 is 7.06. The van der Waals surface area contributed by atoms with Crippen LogP contribution in [-0.4, -0.2) is 18.1 Å². The number of rotatable bonds is 1. The van der Waals surface area contributed by atoms with Gasteiger partial charge in [0.2, 0.25) is 0 Å². The van der Waals surface area contributed by atoms with E-state index in [4.69, 9.17) is 11.6 Å². The third kappa shape index (κ3) is 2.00. The molecule has 1 aromatic rings. The number of hydrogen-bond donors (Lipinski definition) is 0. The molecule has 0 radical (unpaired) electrons. The number of hydrogen-bond acceptors (Lipinski definition) is 3. The number of anilines is 1. The van der Waals surface area contributed by atoms with Gasteiger partial charge in [0.15, 0.2) is 4.47 Å². The van der Waals surface area contributed by atoms with Gasteiger partial charge in [-0.2, -0.15) is 0 Å². The zero-order chi connectivity index (χ0) is 9.26. The molecule has 0 spiro atoms. The largest absolute Gasteiger partial charge is 0.349 e. The van der Waals surface area contributed by atoms with Crippen molar-refractivity contribution in [3.05, 3.63) is 21.7 Å². The van der Waals surface area contributed by atoms with Gasteiger partial charge in [-0.3, -0.25) is 0 Å². The van der Waals surface area contributed by atoms with Crippen molar-refractivity contribution in [1.82, 2.24) is 4.98 Å². The van der Waals surface area contributed by atoms with Crippen molar-refractivity contribution in [2.45, 2.75) is 6.42 Å². The summed E-state index contributed by atoms with van der Waals surface area (Å²) in [5.74, 6) is 0.689. The topological polar surface area (TPSA) is 16.1 Å². The lowest BCUT2D eigenvalue weighted by molar-refractivity contribution is 0.573. The molecule has 0 unspecified atom stereocenters.